The highest BCUT2D eigenvalue weighted by Crippen LogP contribution is 2.20. The number of carboxylic acids is 2. The summed E-state index contributed by atoms with van der Waals surface area (Å²) in [6, 6.07) is 8.88. The van der Waals surface area contributed by atoms with Gasteiger partial charge in [-0.3, -0.25) is 19.2 Å². The van der Waals surface area contributed by atoms with Gasteiger partial charge in [0, 0.05) is 18.1 Å². The van der Waals surface area contributed by atoms with Gasteiger partial charge in [0.1, 0.15) is 13.1 Å². The third kappa shape index (κ3) is 4.77. The number of ketones is 2. The lowest BCUT2D eigenvalue weighted by molar-refractivity contribution is -0.137. The van der Waals surface area contributed by atoms with Crippen molar-refractivity contribution in [2.45, 2.75) is 6.42 Å². The zero-order chi connectivity index (χ0) is 18.4. The van der Waals surface area contributed by atoms with Gasteiger partial charge in [-0.1, -0.05) is 30.3 Å². The van der Waals surface area contributed by atoms with Gasteiger partial charge in [0.15, 0.2) is 0 Å². The van der Waals surface area contributed by atoms with Gasteiger partial charge >= 0.3 is 11.9 Å². The number of hydrogen-bond donors (Lipinski definition) is 4. The SMILES string of the molecule is O=C(O)CNC1=CC(=O)C(NCC(=O)O)=C(Cc2ccccc2)C1=O. The van der Waals surface area contributed by atoms with E-state index in [2.05, 4.69) is 10.6 Å². The van der Waals surface area contributed by atoms with Crippen LogP contribution in [0.5, 0.6) is 0 Å². The normalized spacial score (nSPS) is 14.2. The fraction of sp³-hybridized carbons (Fsp3) is 0.176. The maximum atomic E-state index is 12.6. The standard InChI is InChI=1S/C17H16N2O6/c20-13-7-12(18-8-14(21)22)17(25)11(16(13)19-9-15(23)24)6-10-4-2-1-3-5-10/h1-5,7,18-19H,6,8-9H2,(H,21,22)(H,23,24). The molecule has 0 saturated carbocycles. The number of Topliss-reactive ketones (excluding diaryl/α,β-unsaturated/α-hetero) is 1. The number of carbonyl (C=O) groups excluding carboxylic acids is 2. The van der Waals surface area contributed by atoms with E-state index in [4.69, 9.17) is 10.2 Å². The number of nitrogens with one attached hydrogen (secondary N) is 2. The number of carbonyl (C=O) groups is 4. The molecule has 0 bridgehead atoms. The molecule has 0 aliphatic heterocycles. The fourth-order valence-corrected chi connectivity index (χ4v) is 2.32. The van der Waals surface area contributed by atoms with Crippen molar-refractivity contribution in [3.05, 3.63) is 58.9 Å². The Labute approximate surface area is 142 Å². The Hall–Kier alpha value is -3.42. The zero-order valence-corrected chi connectivity index (χ0v) is 13.1. The molecule has 130 valence electrons. The molecular formula is C17H16N2O6. The summed E-state index contributed by atoms with van der Waals surface area (Å²) in [5.41, 5.74) is 0.636. The molecule has 1 aliphatic rings. The van der Waals surface area contributed by atoms with Gasteiger partial charge in [0.05, 0.1) is 11.4 Å². The fourth-order valence-electron chi connectivity index (χ4n) is 2.32. The van der Waals surface area contributed by atoms with Crippen LogP contribution in [-0.2, 0) is 25.6 Å². The van der Waals surface area contributed by atoms with Crippen LogP contribution in [0, 0.1) is 0 Å². The molecule has 8 nitrogen and oxygen atoms in total. The van der Waals surface area contributed by atoms with Gasteiger partial charge in [-0.05, 0) is 5.56 Å². The molecule has 0 heterocycles. The molecule has 1 aromatic carbocycles. The second kappa shape index (κ2) is 7.91. The van der Waals surface area contributed by atoms with E-state index in [9.17, 15) is 19.2 Å². The molecular weight excluding hydrogens is 328 g/mol. The molecule has 0 saturated heterocycles. The highest BCUT2D eigenvalue weighted by Gasteiger charge is 2.29. The zero-order valence-electron chi connectivity index (χ0n) is 13.1. The van der Waals surface area contributed by atoms with E-state index in [1.165, 1.54) is 0 Å². The molecule has 0 aromatic heterocycles. The number of hydrogen-bond acceptors (Lipinski definition) is 6. The van der Waals surface area contributed by atoms with Crippen molar-refractivity contribution < 1.29 is 29.4 Å². The molecule has 0 fully saturated rings. The van der Waals surface area contributed by atoms with E-state index in [-0.39, 0.29) is 23.4 Å². The van der Waals surface area contributed by atoms with Gasteiger partial charge < -0.3 is 20.8 Å². The van der Waals surface area contributed by atoms with Gasteiger partial charge in [-0.25, -0.2) is 0 Å². The van der Waals surface area contributed by atoms with Crippen molar-refractivity contribution in [3.63, 3.8) is 0 Å². The van der Waals surface area contributed by atoms with Crippen LogP contribution in [0.25, 0.3) is 0 Å². The van der Waals surface area contributed by atoms with Crippen molar-refractivity contribution in [3.8, 4) is 0 Å². The summed E-state index contributed by atoms with van der Waals surface area (Å²) in [6.45, 7) is -1.03. The van der Waals surface area contributed by atoms with E-state index >= 15 is 0 Å². The average Bonchev–Trinajstić information content (AvgIpc) is 2.56. The highest BCUT2D eigenvalue weighted by atomic mass is 16.4. The molecule has 0 spiro atoms. The summed E-state index contributed by atoms with van der Waals surface area (Å²) in [4.78, 5) is 46.3. The average molecular weight is 344 g/mol. The molecule has 0 amide bonds. The van der Waals surface area contributed by atoms with Crippen LogP contribution in [0.2, 0.25) is 0 Å². The van der Waals surface area contributed by atoms with E-state index in [0.29, 0.717) is 0 Å². The molecule has 8 heteroatoms. The van der Waals surface area contributed by atoms with Crippen LogP contribution >= 0.6 is 0 Å². The van der Waals surface area contributed by atoms with E-state index in [1.54, 1.807) is 30.3 Å². The first-order valence-electron chi connectivity index (χ1n) is 7.37. The summed E-state index contributed by atoms with van der Waals surface area (Å²) in [7, 11) is 0. The molecule has 1 aromatic rings. The van der Waals surface area contributed by atoms with E-state index in [0.717, 1.165) is 11.6 Å². The Morgan fingerprint density at radius 2 is 1.52 bits per heavy atom. The van der Waals surface area contributed by atoms with Crippen molar-refractivity contribution in [2.75, 3.05) is 13.1 Å². The quantitative estimate of drug-likeness (QED) is 0.479. The Morgan fingerprint density at radius 1 is 0.920 bits per heavy atom. The second-order valence-corrected chi connectivity index (χ2v) is 5.26. The predicted octanol–water partition coefficient (Wildman–Crippen LogP) is -0.133. The minimum Gasteiger partial charge on any atom is -0.480 e. The molecule has 0 radical (unpaired) electrons. The van der Waals surface area contributed by atoms with Gasteiger partial charge in [0.25, 0.3) is 0 Å². The highest BCUT2D eigenvalue weighted by molar-refractivity contribution is 6.22. The summed E-state index contributed by atoms with van der Waals surface area (Å²) >= 11 is 0. The van der Waals surface area contributed by atoms with Crippen molar-refractivity contribution in [1.82, 2.24) is 10.6 Å². The summed E-state index contributed by atoms with van der Waals surface area (Å²) in [6.07, 6.45) is 1.09. The van der Waals surface area contributed by atoms with Crippen molar-refractivity contribution >= 4 is 23.5 Å². The largest absolute Gasteiger partial charge is 0.480 e. The number of rotatable bonds is 8. The number of carboxylic acid groups (broad SMARTS) is 2. The molecule has 0 atom stereocenters. The van der Waals surface area contributed by atoms with Crippen LogP contribution in [-0.4, -0.2) is 46.8 Å². The summed E-state index contributed by atoms with van der Waals surface area (Å²) in [5.74, 6) is -3.48. The van der Waals surface area contributed by atoms with Crippen molar-refractivity contribution in [1.29, 1.82) is 0 Å². The van der Waals surface area contributed by atoms with Crippen LogP contribution in [0.15, 0.2) is 53.4 Å². The number of aliphatic carboxylic acids is 2. The van der Waals surface area contributed by atoms with Crippen LogP contribution in [0.4, 0.5) is 0 Å². The minimum atomic E-state index is -1.18. The second-order valence-electron chi connectivity index (χ2n) is 5.26. The maximum Gasteiger partial charge on any atom is 0.322 e. The van der Waals surface area contributed by atoms with Gasteiger partial charge in [0.2, 0.25) is 11.6 Å². The summed E-state index contributed by atoms with van der Waals surface area (Å²) < 4.78 is 0. The Morgan fingerprint density at radius 3 is 2.12 bits per heavy atom. The number of allylic oxidation sites excluding steroid dienone is 2. The third-order valence-corrected chi connectivity index (χ3v) is 3.41. The lowest BCUT2D eigenvalue weighted by Gasteiger charge is -2.20. The predicted molar refractivity (Wildman–Crippen MR) is 86.5 cm³/mol. The third-order valence-electron chi connectivity index (χ3n) is 3.41. The van der Waals surface area contributed by atoms with Crippen LogP contribution < -0.4 is 10.6 Å². The summed E-state index contributed by atoms with van der Waals surface area (Å²) in [5, 5.41) is 22.4. The van der Waals surface area contributed by atoms with Crippen LogP contribution in [0.3, 0.4) is 0 Å². The van der Waals surface area contributed by atoms with Gasteiger partial charge in [-0.15, -0.1) is 0 Å². The van der Waals surface area contributed by atoms with Crippen molar-refractivity contribution in [2.24, 2.45) is 0 Å². The Balaban J connectivity index is 2.33. The van der Waals surface area contributed by atoms with E-state index in [1.807, 2.05) is 0 Å². The Kier molecular flexibility index (Phi) is 5.67. The van der Waals surface area contributed by atoms with Crippen LogP contribution in [0.1, 0.15) is 5.56 Å². The number of benzene rings is 1. The maximum absolute atomic E-state index is 12.6. The first kappa shape index (κ1) is 17.9. The molecule has 0 unspecified atom stereocenters. The molecule has 2 rings (SSSR count). The molecule has 1 aliphatic carbocycles. The monoisotopic (exact) mass is 344 g/mol. The molecule has 25 heavy (non-hydrogen) atoms. The lowest BCUT2D eigenvalue weighted by Crippen LogP contribution is -2.36. The van der Waals surface area contributed by atoms with E-state index < -0.39 is 36.6 Å². The first-order valence-corrected chi connectivity index (χ1v) is 7.37. The van der Waals surface area contributed by atoms with Gasteiger partial charge in [-0.2, -0.15) is 0 Å². The topological polar surface area (TPSA) is 133 Å². The molecule has 4 N–H and O–H groups in total. The smallest absolute Gasteiger partial charge is 0.322 e. The lowest BCUT2D eigenvalue weighted by atomic mass is 9.91. The first-order chi connectivity index (χ1) is 11.9. The Bertz CT molecular complexity index is 780. The minimum absolute atomic E-state index is 0.0860.